The molecule has 39 heavy (non-hydrogen) atoms. The maximum Gasteiger partial charge on any atom is 0.253 e. The molecule has 2 fully saturated rings. The van der Waals surface area contributed by atoms with Gasteiger partial charge < -0.3 is 15.1 Å². The van der Waals surface area contributed by atoms with Crippen LogP contribution in [0.1, 0.15) is 57.4 Å². The molecule has 196 valence electrons. The van der Waals surface area contributed by atoms with E-state index >= 15 is 0 Å². The van der Waals surface area contributed by atoms with Gasteiger partial charge in [0, 0.05) is 54.5 Å². The van der Waals surface area contributed by atoms with Crippen molar-refractivity contribution in [1.29, 1.82) is 0 Å². The first kappa shape index (κ1) is 23.7. The summed E-state index contributed by atoms with van der Waals surface area (Å²) in [5.74, 6) is 0.473. The molecular weight excluding hydrogens is 486 g/mol. The molecule has 2 atom stereocenters. The van der Waals surface area contributed by atoms with Crippen LogP contribution in [0, 0.1) is 5.92 Å². The molecule has 7 rings (SSSR count). The molecule has 7 nitrogen and oxygen atoms in total. The molecule has 4 aliphatic rings. The summed E-state index contributed by atoms with van der Waals surface area (Å²) in [5.41, 5.74) is 11.0. The van der Waals surface area contributed by atoms with E-state index in [0.717, 1.165) is 46.6 Å². The van der Waals surface area contributed by atoms with Gasteiger partial charge in [-0.15, -0.1) is 0 Å². The minimum absolute atomic E-state index is 0.0191. The first-order valence-corrected chi connectivity index (χ1v) is 13.7. The highest BCUT2D eigenvalue weighted by atomic mass is 16.2. The average Bonchev–Trinajstić information content (AvgIpc) is 3.84. The summed E-state index contributed by atoms with van der Waals surface area (Å²) in [4.78, 5) is 29.5. The van der Waals surface area contributed by atoms with Gasteiger partial charge in [0.1, 0.15) is 0 Å². The fourth-order valence-corrected chi connectivity index (χ4v) is 6.10. The van der Waals surface area contributed by atoms with Gasteiger partial charge in [0.25, 0.3) is 5.91 Å². The molecule has 0 aromatic heterocycles. The fourth-order valence-electron chi connectivity index (χ4n) is 6.10. The predicted molar refractivity (Wildman–Crippen MR) is 152 cm³/mol. The Hall–Kier alpha value is -4.39. The van der Waals surface area contributed by atoms with E-state index in [-0.39, 0.29) is 29.7 Å². The third kappa shape index (κ3) is 4.18. The van der Waals surface area contributed by atoms with Gasteiger partial charge in [0.15, 0.2) is 0 Å². The van der Waals surface area contributed by atoms with Crippen molar-refractivity contribution in [1.82, 2.24) is 15.2 Å². The predicted octanol–water partition coefficient (Wildman–Crippen LogP) is 4.61. The number of hydrogen-bond acceptors (Lipinski definition) is 5. The van der Waals surface area contributed by atoms with E-state index in [2.05, 4.69) is 65.9 Å². The van der Waals surface area contributed by atoms with Gasteiger partial charge in [-0.25, -0.2) is 0 Å². The molecule has 3 aromatic rings. The number of rotatable bonds is 4. The molecule has 0 bridgehead atoms. The van der Waals surface area contributed by atoms with Crippen molar-refractivity contribution in [3.05, 3.63) is 107 Å². The molecule has 3 aliphatic heterocycles. The Morgan fingerprint density at radius 2 is 1.54 bits per heavy atom. The molecule has 1 aliphatic carbocycles. The quantitative estimate of drug-likeness (QED) is 0.530. The van der Waals surface area contributed by atoms with Gasteiger partial charge in [0.05, 0.1) is 23.4 Å². The zero-order chi connectivity index (χ0) is 26.5. The lowest BCUT2D eigenvalue weighted by atomic mass is 9.76. The number of amides is 2. The lowest BCUT2D eigenvalue weighted by Crippen LogP contribution is -2.51. The third-order valence-electron chi connectivity index (χ3n) is 8.38. The third-order valence-corrected chi connectivity index (χ3v) is 8.38. The van der Waals surface area contributed by atoms with Gasteiger partial charge in [-0.05, 0) is 42.2 Å². The number of hydrogen-bond donors (Lipinski definition) is 2. The molecule has 2 N–H and O–H groups in total. The van der Waals surface area contributed by atoms with E-state index in [9.17, 15) is 9.59 Å². The van der Waals surface area contributed by atoms with E-state index in [1.54, 1.807) is 0 Å². The second-order valence-corrected chi connectivity index (χ2v) is 10.8. The highest BCUT2D eigenvalue weighted by Gasteiger charge is 2.39. The number of benzene rings is 3. The van der Waals surface area contributed by atoms with Crippen LogP contribution in [-0.4, -0.2) is 53.5 Å². The van der Waals surface area contributed by atoms with Crippen LogP contribution >= 0.6 is 0 Å². The molecule has 2 unspecified atom stereocenters. The number of carbonyl (C=O) groups is 2. The molecule has 1 saturated heterocycles. The largest absolute Gasteiger partial charge is 0.377 e. The van der Waals surface area contributed by atoms with E-state index in [0.29, 0.717) is 31.7 Å². The molecule has 2 amide bonds. The van der Waals surface area contributed by atoms with Gasteiger partial charge in [-0.1, -0.05) is 61.2 Å². The molecule has 3 heterocycles. The number of carbonyl (C=O) groups excluding carboxylic acids is 2. The number of hydrazone groups is 1. The smallest absolute Gasteiger partial charge is 0.253 e. The van der Waals surface area contributed by atoms with Crippen molar-refractivity contribution in [2.24, 2.45) is 11.0 Å². The zero-order valence-electron chi connectivity index (χ0n) is 21.8. The maximum atomic E-state index is 13.3. The second-order valence-electron chi connectivity index (χ2n) is 10.8. The zero-order valence-corrected chi connectivity index (χ0v) is 21.8. The van der Waals surface area contributed by atoms with Gasteiger partial charge in [-0.3, -0.25) is 15.0 Å². The van der Waals surface area contributed by atoms with Crippen LogP contribution in [-0.2, 0) is 4.79 Å². The van der Waals surface area contributed by atoms with Crippen molar-refractivity contribution < 1.29 is 9.59 Å². The van der Waals surface area contributed by atoms with E-state index < -0.39 is 0 Å². The topological polar surface area (TPSA) is 77.0 Å². The Bertz CT molecular complexity index is 1480. The summed E-state index contributed by atoms with van der Waals surface area (Å²) in [6.45, 7) is 6.55. The summed E-state index contributed by atoms with van der Waals surface area (Å²) >= 11 is 0. The first-order chi connectivity index (χ1) is 19.1. The van der Waals surface area contributed by atoms with Gasteiger partial charge in [-0.2, -0.15) is 5.10 Å². The monoisotopic (exact) mass is 517 g/mol. The minimum atomic E-state index is -0.0665. The Morgan fingerprint density at radius 3 is 2.26 bits per heavy atom. The Balaban J connectivity index is 1.16. The van der Waals surface area contributed by atoms with E-state index in [1.165, 1.54) is 5.56 Å². The van der Waals surface area contributed by atoms with Crippen LogP contribution in [0.4, 0.5) is 5.69 Å². The minimum Gasteiger partial charge on any atom is -0.377 e. The normalized spacial score (nSPS) is 21.8. The van der Waals surface area contributed by atoms with Crippen LogP contribution < -0.4 is 10.7 Å². The SMILES string of the molecule is C=C1NN=C2c3c(cccc31)NC(c1ccc(C(=O)N3CCN(C(=O)C4CC4)CC3)cc1)C2c1ccccc1. The number of anilines is 1. The van der Waals surface area contributed by atoms with Crippen molar-refractivity contribution >= 4 is 28.9 Å². The van der Waals surface area contributed by atoms with E-state index in [4.69, 9.17) is 5.10 Å². The summed E-state index contributed by atoms with van der Waals surface area (Å²) in [6, 6.07) is 24.5. The standard InChI is InChI=1S/C32H31N5O2/c1-20-25-8-5-9-26-28(25)30(35-34-20)27(21-6-3-2-4-7-21)29(33-26)22-10-12-23(13-11-22)31(38)36-16-18-37(19-17-36)32(39)24-14-15-24/h2-13,24,27,29,33-34H,1,14-19H2. The van der Waals surface area contributed by atoms with Crippen LogP contribution in [0.25, 0.3) is 5.70 Å². The van der Waals surface area contributed by atoms with Gasteiger partial charge in [0.2, 0.25) is 5.91 Å². The summed E-state index contributed by atoms with van der Waals surface area (Å²) in [6.07, 6.45) is 2.02. The lowest BCUT2D eigenvalue weighted by Gasteiger charge is -2.39. The highest BCUT2D eigenvalue weighted by Crippen LogP contribution is 2.45. The molecule has 0 spiro atoms. The van der Waals surface area contributed by atoms with Gasteiger partial charge >= 0.3 is 0 Å². The number of nitrogens with zero attached hydrogens (tertiary/aromatic N) is 3. The van der Waals surface area contributed by atoms with Crippen LogP contribution in [0.2, 0.25) is 0 Å². The molecule has 1 saturated carbocycles. The molecule has 7 heteroatoms. The Labute approximate surface area is 228 Å². The maximum absolute atomic E-state index is 13.3. The summed E-state index contributed by atoms with van der Waals surface area (Å²) in [5, 5.41) is 8.57. The van der Waals surface area contributed by atoms with Crippen molar-refractivity contribution in [3.8, 4) is 0 Å². The Kier molecular flexibility index (Phi) is 5.72. The second kappa shape index (κ2) is 9.42. The number of piperazine rings is 1. The van der Waals surface area contributed by atoms with Crippen molar-refractivity contribution in [2.45, 2.75) is 24.8 Å². The summed E-state index contributed by atoms with van der Waals surface area (Å²) in [7, 11) is 0. The molecule has 0 radical (unpaired) electrons. The molecular formula is C32H31N5O2. The lowest BCUT2D eigenvalue weighted by molar-refractivity contribution is -0.134. The van der Waals surface area contributed by atoms with E-state index in [1.807, 2.05) is 34.1 Å². The Morgan fingerprint density at radius 1 is 0.821 bits per heavy atom. The fraction of sp³-hybridized carbons (Fsp3) is 0.281. The first-order valence-electron chi connectivity index (χ1n) is 13.7. The van der Waals surface area contributed by atoms with Crippen molar-refractivity contribution in [3.63, 3.8) is 0 Å². The van der Waals surface area contributed by atoms with Crippen molar-refractivity contribution in [2.75, 3.05) is 31.5 Å². The highest BCUT2D eigenvalue weighted by molar-refractivity contribution is 6.15. The number of nitrogens with one attached hydrogen (secondary N) is 2. The van der Waals surface area contributed by atoms with Crippen LogP contribution in [0.3, 0.4) is 0 Å². The molecule has 3 aromatic carbocycles. The van der Waals surface area contributed by atoms with Crippen LogP contribution in [0.15, 0.2) is 84.5 Å². The average molecular weight is 518 g/mol. The van der Waals surface area contributed by atoms with Crippen LogP contribution in [0.5, 0.6) is 0 Å². The summed E-state index contributed by atoms with van der Waals surface area (Å²) < 4.78 is 0.